The average molecular weight is 299 g/mol. The molecular weight excluding hydrogens is 274 g/mol. The van der Waals surface area contributed by atoms with E-state index in [9.17, 15) is 8.42 Å². The Labute approximate surface area is 122 Å². The summed E-state index contributed by atoms with van der Waals surface area (Å²) in [5.41, 5.74) is 0.563. The van der Waals surface area contributed by atoms with Crippen LogP contribution in [-0.4, -0.2) is 26.0 Å². The van der Waals surface area contributed by atoms with Gasteiger partial charge in [0.2, 0.25) is 0 Å². The van der Waals surface area contributed by atoms with Gasteiger partial charge in [0.15, 0.2) is 5.03 Å². The molecular formula is C14H25N3O2S. The maximum atomic E-state index is 12.4. The van der Waals surface area contributed by atoms with Crippen LogP contribution < -0.4 is 10.0 Å². The van der Waals surface area contributed by atoms with Crippen molar-refractivity contribution in [2.75, 3.05) is 11.9 Å². The van der Waals surface area contributed by atoms with E-state index in [0.717, 1.165) is 32.2 Å². The third-order valence-electron chi connectivity index (χ3n) is 3.04. The summed E-state index contributed by atoms with van der Waals surface area (Å²) in [4.78, 5) is 4.04. The van der Waals surface area contributed by atoms with E-state index in [1.54, 1.807) is 12.1 Å². The van der Waals surface area contributed by atoms with Gasteiger partial charge in [-0.25, -0.2) is 18.1 Å². The summed E-state index contributed by atoms with van der Waals surface area (Å²) in [5, 5.41) is 3.20. The maximum absolute atomic E-state index is 12.4. The number of nitrogens with one attached hydrogen (secondary N) is 2. The van der Waals surface area contributed by atoms with Crippen LogP contribution in [0.2, 0.25) is 0 Å². The standard InChI is InChI=1S/C14H25N3O2S/c1-4-8-12(6-3)17-20(18,19)14-13(15-10-5-2)9-7-11-16-14/h7,9,11-12,15,17H,4-6,8,10H2,1-3H3. The normalized spacial score (nSPS) is 13.2. The Morgan fingerprint density at radius 3 is 2.60 bits per heavy atom. The van der Waals surface area contributed by atoms with Crippen molar-refractivity contribution in [1.29, 1.82) is 0 Å². The van der Waals surface area contributed by atoms with Crippen molar-refractivity contribution in [3.8, 4) is 0 Å². The Morgan fingerprint density at radius 1 is 1.25 bits per heavy atom. The van der Waals surface area contributed by atoms with Crippen molar-refractivity contribution in [2.45, 2.75) is 57.5 Å². The molecule has 2 N–H and O–H groups in total. The summed E-state index contributed by atoms with van der Waals surface area (Å²) in [6.45, 7) is 6.79. The minimum atomic E-state index is -3.58. The monoisotopic (exact) mass is 299 g/mol. The van der Waals surface area contributed by atoms with Crippen LogP contribution in [0.4, 0.5) is 5.69 Å². The quantitative estimate of drug-likeness (QED) is 0.735. The van der Waals surface area contributed by atoms with Crippen molar-refractivity contribution in [1.82, 2.24) is 9.71 Å². The lowest BCUT2D eigenvalue weighted by Gasteiger charge is -2.17. The minimum absolute atomic E-state index is 0.0361. The molecule has 1 aromatic rings. The zero-order valence-electron chi connectivity index (χ0n) is 12.5. The number of hydrogen-bond donors (Lipinski definition) is 2. The fourth-order valence-corrected chi connectivity index (χ4v) is 3.43. The first-order valence-corrected chi connectivity index (χ1v) is 8.74. The summed E-state index contributed by atoms with van der Waals surface area (Å²) in [7, 11) is -3.58. The lowest BCUT2D eigenvalue weighted by molar-refractivity contribution is 0.510. The van der Waals surface area contributed by atoms with Crippen LogP contribution in [-0.2, 0) is 10.0 Å². The first kappa shape index (κ1) is 16.9. The Kier molecular flexibility index (Phi) is 6.95. The number of rotatable bonds is 9. The van der Waals surface area contributed by atoms with Crippen LogP contribution in [0.25, 0.3) is 0 Å². The molecule has 1 rings (SSSR count). The van der Waals surface area contributed by atoms with Gasteiger partial charge >= 0.3 is 0 Å². The molecule has 20 heavy (non-hydrogen) atoms. The van der Waals surface area contributed by atoms with E-state index in [1.165, 1.54) is 6.20 Å². The maximum Gasteiger partial charge on any atom is 0.260 e. The molecule has 0 saturated heterocycles. The van der Waals surface area contributed by atoms with Crippen molar-refractivity contribution in [3.63, 3.8) is 0 Å². The third kappa shape index (κ3) is 4.76. The molecule has 1 aromatic heterocycles. The van der Waals surface area contributed by atoms with Gasteiger partial charge in [-0.3, -0.25) is 0 Å². The lowest BCUT2D eigenvalue weighted by atomic mass is 10.1. The third-order valence-corrected chi connectivity index (χ3v) is 4.52. The van der Waals surface area contributed by atoms with Gasteiger partial charge in [-0.15, -0.1) is 0 Å². The molecule has 0 spiro atoms. The molecule has 0 fully saturated rings. The second-order valence-electron chi connectivity index (χ2n) is 4.80. The number of pyridine rings is 1. The number of hydrogen-bond acceptors (Lipinski definition) is 4. The Morgan fingerprint density at radius 2 is 2.00 bits per heavy atom. The van der Waals surface area contributed by atoms with Crippen molar-refractivity contribution in [3.05, 3.63) is 18.3 Å². The molecule has 5 nitrogen and oxygen atoms in total. The first-order valence-electron chi connectivity index (χ1n) is 7.26. The highest BCUT2D eigenvalue weighted by Crippen LogP contribution is 2.19. The van der Waals surface area contributed by atoms with Gasteiger partial charge in [0.25, 0.3) is 10.0 Å². The van der Waals surface area contributed by atoms with Crippen molar-refractivity contribution in [2.24, 2.45) is 0 Å². The summed E-state index contributed by atoms with van der Waals surface area (Å²) in [6, 6.07) is 3.45. The van der Waals surface area contributed by atoms with Crippen LogP contribution in [0.3, 0.4) is 0 Å². The molecule has 0 amide bonds. The minimum Gasteiger partial charge on any atom is -0.383 e. The smallest absolute Gasteiger partial charge is 0.260 e. The zero-order valence-corrected chi connectivity index (χ0v) is 13.3. The van der Waals surface area contributed by atoms with E-state index in [4.69, 9.17) is 0 Å². The molecule has 0 aliphatic rings. The molecule has 6 heteroatoms. The summed E-state index contributed by atoms with van der Waals surface area (Å²) in [6.07, 6.45) is 4.99. The van der Waals surface area contributed by atoms with Crippen LogP contribution >= 0.6 is 0 Å². The highest BCUT2D eigenvalue weighted by atomic mass is 32.2. The predicted octanol–water partition coefficient (Wildman–Crippen LogP) is 2.76. The highest BCUT2D eigenvalue weighted by Gasteiger charge is 2.22. The van der Waals surface area contributed by atoms with Gasteiger partial charge in [-0.1, -0.05) is 27.2 Å². The summed E-state index contributed by atoms with van der Waals surface area (Å²) < 4.78 is 27.6. The fraction of sp³-hybridized carbons (Fsp3) is 0.643. The van der Waals surface area contributed by atoms with Gasteiger partial charge in [0.05, 0.1) is 5.69 Å². The molecule has 1 atom stereocenters. The second kappa shape index (κ2) is 8.21. The van der Waals surface area contributed by atoms with Crippen LogP contribution in [0, 0.1) is 0 Å². The number of sulfonamides is 1. The summed E-state index contributed by atoms with van der Waals surface area (Å²) >= 11 is 0. The Hall–Kier alpha value is -1.14. The van der Waals surface area contributed by atoms with Crippen molar-refractivity contribution < 1.29 is 8.42 Å². The topological polar surface area (TPSA) is 71.1 Å². The molecule has 0 aromatic carbocycles. The number of anilines is 1. The molecule has 0 radical (unpaired) electrons. The molecule has 114 valence electrons. The van der Waals surface area contributed by atoms with Gasteiger partial charge in [0.1, 0.15) is 0 Å². The molecule has 0 aliphatic carbocycles. The van der Waals surface area contributed by atoms with Gasteiger partial charge in [0, 0.05) is 18.8 Å². The second-order valence-corrected chi connectivity index (χ2v) is 6.43. The lowest BCUT2D eigenvalue weighted by Crippen LogP contribution is -2.35. The SMILES string of the molecule is CCCNc1cccnc1S(=O)(=O)NC(CC)CCC. The van der Waals surface area contributed by atoms with Gasteiger partial charge in [-0.2, -0.15) is 0 Å². The molecule has 0 bridgehead atoms. The highest BCUT2D eigenvalue weighted by molar-refractivity contribution is 7.89. The Balaban J connectivity index is 2.96. The van der Waals surface area contributed by atoms with Gasteiger partial charge < -0.3 is 5.32 Å². The molecule has 0 saturated carbocycles. The largest absolute Gasteiger partial charge is 0.383 e. The fourth-order valence-electron chi connectivity index (χ4n) is 1.97. The zero-order chi connectivity index (χ0) is 15.0. The van der Waals surface area contributed by atoms with Gasteiger partial charge in [-0.05, 0) is 31.4 Å². The first-order chi connectivity index (χ1) is 9.55. The van der Waals surface area contributed by atoms with Crippen LogP contribution in [0.15, 0.2) is 23.4 Å². The predicted molar refractivity (Wildman–Crippen MR) is 82.3 cm³/mol. The van der Waals surface area contributed by atoms with E-state index in [0.29, 0.717) is 5.69 Å². The average Bonchev–Trinajstić information content (AvgIpc) is 2.44. The molecule has 0 aliphatic heterocycles. The van der Waals surface area contributed by atoms with Crippen LogP contribution in [0.1, 0.15) is 46.5 Å². The number of nitrogens with zero attached hydrogens (tertiary/aromatic N) is 1. The Bertz CT molecular complexity index is 503. The van der Waals surface area contributed by atoms with Crippen molar-refractivity contribution >= 4 is 15.7 Å². The van der Waals surface area contributed by atoms with E-state index >= 15 is 0 Å². The van der Waals surface area contributed by atoms with E-state index in [2.05, 4.69) is 15.0 Å². The summed E-state index contributed by atoms with van der Waals surface area (Å²) in [5.74, 6) is 0. The number of aromatic nitrogens is 1. The van der Waals surface area contributed by atoms with Crippen LogP contribution in [0.5, 0.6) is 0 Å². The van der Waals surface area contributed by atoms with E-state index < -0.39 is 10.0 Å². The van der Waals surface area contributed by atoms with E-state index in [-0.39, 0.29) is 11.1 Å². The van der Waals surface area contributed by atoms with E-state index in [1.807, 2.05) is 20.8 Å². The molecule has 1 unspecified atom stereocenters. The molecule has 1 heterocycles.